The Bertz CT molecular complexity index is 412. The topological polar surface area (TPSA) is 37.4 Å². The molecule has 0 amide bonds. The SMILES string of the molecule is CN(C)CCS(=O)(=O)c1ccc(Cl)cc1. The fraction of sp³-hybridized carbons (Fsp3) is 0.400. The molecule has 0 fully saturated rings. The van der Waals surface area contributed by atoms with Crippen molar-refractivity contribution in [3.05, 3.63) is 29.3 Å². The van der Waals surface area contributed by atoms with Crippen LogP contribution in [-0.4, -0.2) is 39.7 Å². The number of rotatable bonds is 4. The van der Waals surface area contributed by atoms with Gasteiger partial charge in [-0.1, -0.05) is 11.6 Å². The van der Waals surface area contributed by atoms with Gasteiger partial charge in [-0.3, -0.25) is 0 Å². The third-order valence-electron chi connectivity index (χ3n) is 1.98. The quantitative estimate of drug-likeness (QED) is 0.813. The van der Waals surface area contributed by atoms with Gasteiger partial charge in [-0.05, 0) is 38.4 Å². The van der Waals surface area contributed by atoms with Crippen molar-refractivity contribution in [3.63, 3.8) is 0 Å². The number of hydrogen-bond donors (Lipinski definition) is 0. The van der Waals surface area contributed by atoms with Crippen LogP contribution in [0.25, 0.3) is 0 Å². The average molecular weight is 248 g/mol. The Kier molecular flexibility index (Phi) is 4.13. The second-order valence-electron chi connectivity index (χ2n) is 3.58. The number of hydrogen-bond acceptors (Lipinski definition) is 3. The van der Waals surface area contributed by atoms with Gasteiger partial charge < -0.3 is 4.90 Å². The summed E-state index contributed by atoms with van der Waals surface area (Å²) in [6.07, 6.45) is 0. The predicted molar refractivity (Wildman–Crippen MR) is 62.1 cm³/mol. The first kappa shape index (κ1) is 12.5. The molecule has 0 aromatic heterocycles. The summed E-state index contributed by atoms with van der Waals surface area (Å²) in [4.78, 5) is 2.17. The van der Waals surface area contributed by atoms with E-state index in [1.807, 2.05) is 19.0 Å². The summed E-state index contributed by atoms with van der Waals surface area (Å²) in [5, 5.41) is 0.543. The molecular weight excluding hydrogens is 234 g/mol. The zero-order valence-corrected chi connectivity index (χ0v) is 10.3. The maximum Gasteiger partial charge on any atom is 0.179 e. The van der Waals surface area contributed by atoms with Gasteiger partial charge >= 0.3 is 0 Å². The highest BCUT2D eigenvalue weighted by Gasteiger charge is 2.13. The Labute approximate surface area is 95.6 Å². The van der Waals surface area contributed by atoms with Gasteiger partial charge in [0.2, 0.25) is 0 Å². The summed E-state index contributed by atoms with van der Waals surface area (Å²) >= 11 is 5.69. The van der Waals surface area contributed by atoms with E-state index in [0.717, 1.165) is 0 Å². The molecule has 0 heterocycles. The number of sulfone groups is 1. The molecule has 0 N–H and O–H groups in total. The predicted octanol–water partition coefficient (Wildman–Crippen LogP) is 1.68. The molecule has 0 aliphatic carbocycles. The highest BCUT2D eigenvalue weighted by Crippen LogP contribution is 2.15. The van der Waals surface area contributed by atoms with Gasteiger partial charge in [-0.2, -0.15) is 0 Å². The lowest BCUT2D eigenvalue weighted by atomic mass is 10.4. The summed E-state index contributed by atoms with van der Waals surface area (Å²) in [7, 11) is 0.517. The molecule has 3 nitrogen and oxygen atoms in total. The molecule has 1 aromatic carbocycles. The van der Waals surface area contributed by atoms with Gasteiger partial charge in [-0.15, -0.1) is 0 Å². The second kappa shape index (κ2) is 4.96. The molecule has 0 radical (unpaired) electrons. The van der Waals surface area contributed by atoms with Gasteiger partial charge in [0.05, 0.1) is 10.6 Å². The standard InChI is InChI=1S/C10H14ClNO2S/c1-12(2)7-8-15(13,14)10-5-3-9(11)4-6-10/h3-6H,7-8H2,1-2H3. The minimum absolute atomic E-state index is 0.127. The third-order valence-corrected chi connectivity index (χ3v) is 3.94. The molecule has 0 aliphatic rings. The Hall–Kier alpha value is -0.580. The fourth-order valence-electron chi connectivity index (χ4n) is 1.06. The zero-order chi connectivity index (χ0) is 11.5. The maximum absolute atomic E-state index is 11.8. The first-order valence-corrected chi connectivity index (χ1v) is 6.58. The van der Waals surface area contributed by atoms with Crippen molar-refractivity contribution in [1.82, 2.24) is 4.90 Å². The van der Waals surface area contributed by atoms with E-state index >= 15 is 0 Å². The van der Waals surface area contributed by atoms with Gasteiger partial charge in [0.1, 0.15) is 0 Å². The minimum Gasteiger partial charge on any atom is -0.308 e. The Morgan fingerprint density at radius 1 is 1.20 bits per heavy atom. The molecule has 0 atom stereocenters. The molecule has 0 bridgehead atoms. The van der Waals surface area contributed by atoms with Gasteiger partial charge in [0.25, 0.3) is 0 Å². The van der Waals surface area contributed by atoms with E-state index in [1.54, 1.807) is 12.1 Å². The largest absolute Gasteiger partial charge is 0.308 e. The van der Waals surface area contributed by atoms with E-state index in [9.17, 15) is 8.42 Å². The molecule has 1 rings (SSSR count). The summed E-state index contributed by atoms with van der Waals surface area (Å²) < 4.78 is 23.6. The Morgan fingerprint density at radius 2 is 1.73 bits per heavy atom. The van der Waals surface area contributed by atoms with Crippen LogP contribution in [0, 0.1) is 0 Å². The molecular formula is C10H14ClNO2S. The van der Waals surface area contributed by atoms with Gasteiger partial charge in [0.15, 0.2) is 9.84 Å². The molecule has 0 saturated carbocycles. The minimum atomic E-state index is -3.17. The molecule has 15 heavy (non-hydrogen) atoms. The Balaban J connectivity index is 2.82. The van der Waals surface area contributed by atoms with Crippen molar-refractivity contribution in [2.75, 3.05) is 26.4 Å². The highest BCUT2D eigenvalue weighted by atomic mass is 35.5. The fourth-order valence-corrected chi connectivity index (χ4v) is 2.58. The molecule has 5 heteroatoms. The number of nitrogens with zero attached hydrogens (tertiary/aromatic N) is 1. The van der Waals surface area contributed by atoms with Crippen molar-refractivity contribution >= 4 is 21.4 Å². The van der Waals surface area contributed by atoms with E-state index in [4.69, 9.17) is 11.6 Å². The third kappa shape index (κ3) is 3.81. The lowest BCUT2D eigenvalue weighted by molar-refractivity contribution is 0.432. The molecule has 0 aliphatic heterocycles. The molecule has 0 spiro atoms. The first-order valence-electron chi connectivity index (χ1n) is 4.55. The smallest absolute Gasteiger partial charge is 0.179 e. The van der Waals surface area contributed by atoms with Crippen LogP contribution in [0.5, 0.6) is 0 Å². The van der Waals surface area contributed by atoms with Crippen LogP contribution >= 0.6 is 11.6 Å². The summed E-state index contributed by atoms with van der Waals surface area (Å²) in [5.41, 5.74) is 0. The lowest BCUT2D eigenvalue weighted by Crippen LogP contribution is -2.21. The molecule has 0 unspecified atom stereocenters. The van der Waals surface area contributed by atoms with Crippen molar-refractivity contribution in [3.8, 4) is 0 Å². The van der Waals surface area contributed by atoms with Crippen molar-refractivity contribution < 1.29 is 8.42 Å². The van der Waals surface area contributed by atoms with Crippen LogP contribution in [0.1, 0.15) is 0 Å². The van der Waals surface area contributed by atoms with Crippen LogP contribution < -0.4 is 0 Å². The van der Waals surface area contributed by atoms with E-state index in [1.165, 1.54) is 12.1 Å². The first-order chi connectivity index (χ1) is 6.92. The van der Waals surface area contributed by atoms with E-state index in [0.29, 0.717) is 16.5 Å². The van der Waals surface area contributed by atoms with Crippen LogP contribution in [0.2, 0.25) is 5.02 Å². The highest BCUT2D eigenvalue weighted by molar-refractivity contribution is 7.91. The molecule has 84 valence electrons. The average Bonchev–Trinajstić information content (AvgIpc) is 2.16. The van der Waals surface area contributed by atoms with Crippen LogP contribution in [0.4, 0.5) is 0 Å². The monoisotopic (exact) mass is 247 g/mol. The number of halogens is 1. The van der Waals surface area contributed by atoms with E-state index in [2.05, 4.69) is 0 Å². The normalized spacial score (nSPS) is 12.0. The van der Waals surface area contributed by atoms with E-state index in [-0.39, 0.29) is 5.75 Å². The summed E-state index contributed by atoms with van der Waals surface area (Å²) in [6.45, 7) is 0.519. The van der Waals surface area contributed by atoms with Crippen molar-refractivity contribution in [2.24, 2.45) is 0 Å². The molecule has 1 aromatic rings. The van der Waals surface area contributed by atoms with E-state index < -0.39 is 9.84 Å². The second-order valence-corrected chi connectivity index (χ2v) is 6.12. The maximum atomic E-state index is 11.8. The summed E-state index contributed by atoms with van der Waals surface area (Å²) in [5.74, 6) is 0.127. The van der Waals surface area contributed by atoms with Gasteiger partial charge in [0, 0.05) is 11.6 Å². The van der Waals surface area contributed by atoms with Crippen LogP contribution in [0.15, 0.2) is 29.2 Å². The van der Waals surface area contributed by atoms with Crippen molar-refractivity contribution in [2.45, 2.75) is 4.90 Å². The molecule has 0 saturated heterocycles. The lowest BCUT2D eigenvalue weighted by Gasteiger charge is -2.09. The van der Waals surface area contributed by atoms with Crippen LogP contribution in [-0.2, 0) is 9.84 Å². The number of benzene rings is 1. The van der Waals surface area contributed by atoms with Crippen LogP contribution in [0.3, 0.4) is 0 Å². The Morgan fingerprint density at radius 3 is 2.20 bits per heavy atom. The zero-order valence-electron chi connectivity index (χ0n) is 8.77. The summed E-state index contributed by atoms with van der Waals surface area (Å²) in [6, 6.07) is 6.24. The van der Waals surface area contributed by atoms with Gasteiger partial charge in [-0.25, -0.2) is 8.42 Å². The van der Waals surface area contributed by atoms with Crippen molar-refractivity contribution in [1.29, 1.82) is 0 Å².